The Bertz CT molecular complexity index is 586. The monoisotopic (exact) mass is 287 g/mol. The zero-order valence-electron chi connectivity index (χ0n) is 12.4. The lowest BCUT2D eigenvalue weighted by Crippen LogP contribution is -2.35. The minimum Gasteiger partial charge on any atom is -0.508 e. The molecule has 1 spiro atoms. The maximum Gasteiger partial charge on any atom is 0.240 e. The van der Waals surface area contributed by atoms with Crippen molar-refractivity contribution in [1.29, 1.82) is 0 Å². The molecule has 0 atom stereocenters. The highest BCUT2D eigenvalue weighted by molar-refractivity contribution is 6.22. The molecular weight excluding hydrogens is 266 g/mol. The van der Waals surface area contributed by atoms with Crippen LogP contribution in [0.3, 0.4) is 0 Å². The smallest absolute Gasteiger partial charge is 0.240 e. The van der Waals surface area contributed by atoms with E-state index in [2.05, 4.69) is 0 Å². The molecule has 2 amide bonds. The van der Waals surface area contributed by atoms with Crippen LogP contribution in [0.25, 0.3) is 0 Å². The van der Waals surface area contributed by atoms with Crippen LogP contribution in [0.15, 0.2) is 18.2 Å². The number of carbonyl (C=O) groups is 2. The van der Waals surface area contributed by atoms with Crippen molar-refractivity contribution in [3.05, 3.63) is 23.8 Å². The van der Waals surface area contributed by atoms with Gasteiger partial charge in [0.2, 0.25) is 11.8 Å². The molecule has 2 aliphatic rings. The van der Waals surface area contributed by atoms with Crippen LogP contribution in [0.4, 0.5) is 5.69 Å². The van der Waals surface area contributed by atoms with Crippen LogP contribution < -0.4 is 4.90 Å². The average Bonchev–Trinajstić information content (AvgIpc) is 2.61. The second kappa shape index (κ2) is 5.17. The van der Waals surface area contributed by atoms with E-state index >= 15 is 0 Å². The van der Waals surface area contributed by atoms with Crippen LogP contribution in [0, 0.1) is 12.3 Å². The van der Waals surface area contributed by atoms with E-state index in [4.69, 9.17) is 0 Å². The molecule has 1 aliphatic heterocycles. The van der Waals surface area contributed by atoms with Crippen LogP contribution in [0.5, 0.6) is 5.75 Å². The zero-order valence-corrected chi connectivity index (χ0v) is 12.4. The van der Waals surface area contributed by atoms with Gasteiger partial charge in [0.15, 0.2) is 0 Å². The maximum atomic E-state index is 12.9. The van der Waals surface area contributed by atoms with Gasteiger partial charge < -0.3 is 5.11 Å². The summed E-state index contributed by atoms with van der Waals surface area (Å²) in [6, 6.07) is 4.99. The summed E-state index contributed by atoms with van der Waals surface area (Å²) in [6.45, 7) is 1.79. The summed E-state index contributed by atoms with van der Waals surface area (Å²) in [4.78, 5) is 26.5. The molecule has 1 aromatic carbocycles. The Labute approximate surface area is 124 Å². The summed E-state index contributed by atoms with van der Waals surface area (Å²) in [7, 11) is 0. The maximum absolute atomic E-state index is 12.9. The fourth-order valence-corrected chi connectivity index (χ4v) is 3.59. The summed E-state index contributed by atoms with van der Waals surface area (Å²) in [5, 5.41) is 9.83. The Hall–Kier alpha value is -1.84. The predicted molar refractivity (Wildman–Crippen MR) is 80.1 cm³/mol. The van der Waals surface area contributed by atoms with Crippen molar-refractivity contribution in [3.8, 4) is 5.75 Å². The van der Waals surface area contributed by atoms with Gasteiger partial charge in [0, 0.05) is 12.5 Å². The van der Waals surface area contributed by atoms with E-state index in [1.165, 1.54) is 11.0 Å². The molecule has 1 saturated heterocycles. The minimum absolute atomic E-state index is 0.0716. The Balaban J connectivity index is 1.94. The molecule has 0 bridgehead atoms. The third kappa shape index (κ3) is 2.33. The average molecular weight is 287 g/mol. The van der Waals surface area contributed by atoms with Gasteiger partial charge >= 0.3 is 0 Å². The molecule has 21 heavy (non-hydrogen) atoms. The van der Waals surface area contributed by atoms with Gasteiger partial charge in [-0.1, -0.05) is 31.7 Å². The third-order valence-electron chi connectivity index (χ3n) is 4.91. The zero-order chi connectivity index (χ0) is 15.0. The number of hydrogen-bond acceptors (Lipinski definition) is 3. The largest absolute Gasteiger partial charge is 0.508 e. The second-order valence-corrected chi connectivity index (χ2v) is 6.38. The minimum atomic E-state index is -0.492. The number of phenols is 1. The molecule has 0 unspecified atom stereocenters. The van der Waals surface area contributed by atoms with Crippen molar-refractivity contribution >= 4 is 17.5 Å². The van der Waals surface area contributed by atoms with Gasteiger partial charge in [0.25, 0.3) is 0 Å². The number of aryl methyl sites for hydroxylation is 1. The number of nitrogens with zero attached hydrogens (tertiary/aromatic N) is 1. The SMILES string of the molecule is Cc1ccc(N2C(=O)CC3(CCCCCC3)C2=O)cc1O. The van der Waals surface area contributed by atoms with Gasteiger partial charge in [-0.05, 0) is 31.4 Å². The van der Waals surface area contributed by atoms with E-state index in [9.17, 15) is 14.7 Å². The first-order valence-corrected chi connectivity index (χ1v) is 7.70. The molecule has 1 N–H and O–H groups in total. The topological polar surface area (TPSA) is 57.6 Å². The molecule has 0 radical (unpaired) electrons. The normalized spacial score (nSPS) is 21.9. The molecule has 0 aromatic heterocycles. The van der Waals surface area contributed by atoms with E-state index in [1.54, 1.807) is 19.1 Å². The number of benzene rings is 1. The van der Waals surface area contributed by atoms with Crippen molar-refractivity contribution in [2.45, 2.75) is 51.9 Å². The van der Waals surface area contributed by atoms with Gasteiger partial charge in [-0.3, -0.25) is 9.59 Å². The molecule has 2 fully saturated rings. The van der Waals surface area contributed by atoms with Gasteiger partial charge in [0.1, 0.15) is 5.75 Å². The molecule has 1 aliphatic carbocycles. The van der Waals surface area contributed by atoms with E-state index in [0.29, 0.717) is 12.1 Å². The molecular formula is C17H21NO3. The van der Waals surface area contributed by atoms with Gasteiger partial charge in [-0.25, -0.2) is 4.90 Å². The second-order valence-electron chi connectivity index (χ2n) is 6.38. The summed E-state index contributed by atoms with van der Waals surface area (Å²) >= 11 is 0. The van der Waals surface area contributed by atoms with E-state index in [-0.39, 0.29) is 17.6 Å². The summed E-state index contributed by atoms with van der Waals surface area (Å²) in [6.07, 6.45) is 6.28. The molecule has 1 aromatic rings. The van der Waals surface area contributed by atoms with Gasteiger partial charge in [-0.15, -0.1) is 0 Å². The van der Waals surface area contributed by atoms with Crippen LogP contribution in [-0.4, -0.2) is 16.9 Å². The Morgan fingerprint density at radius 2 is 1.76 bits per heavy atom. The molecule has 4 heteroatoms. The highest BCUT2D eigenvalue weighted by Crippen LogP contribution is 2.46. The van der Waals surface area contributed by atoms with Gasteiger partial charge in [-0.2, -0.15) is 0 Å². The highest BCUT2D eigenvalue weighted by atomic mass is 16.3. The number of amides is 2. The molecule has 1 saturated carbocycles. The number of aromatic hydroxyl groups is 1. The number of carbonyl (C=O) groups excluding carboxylic acids is 2. The number of phenolic OH excluding ortho intramolecular Hbond substituents is 1. The lowest BCUT2D eigenvalue weighted by molar-refractivity contribution is -0.126. The van der Waals surface area contributed by atoms with Gasteiger partial charge in [0.05, 0.1) is 11.1 Å². The fraction of sp³-hybridized carbons (Fsp3) is 0.529. The molecule has 3 rings (SSSR count). The summed E-state index contributed by atoms with van der Waals surface area (Å²) in [5.74, 6) is -0.0854. The molecule has 112 valence electrons. The van der Waals surface area contributed by atoms with Crippen molar-refractivity contribution in [2.24, 2.45) is 5.41 Å². The van der Waals surface area contributed by atoms with Crippen molar-refractivity contribution in [2.75, 3.05) is 4.90 Å². The third-order valence-corrected chi connectivity index (χ3v) is 4.91. The van der Waals surface area contributed by atoms with Crippen molar-refractivity contribution in [1.82, 2.24) is 0 Å². The Morgan fingerprint density at radius 3 is 2.38 bits per heavy atom. The highest BCUT2D eigenvalue weighted by Gasteiger charge is 2.51. The number of rotatable bonds is 1. The van der Waals surface area contributed by atoms with Crippen molar-refractivity contribution in [3.63, 3.8) is 0 Å². The van der Waals surface area contributed by atoms with Crippen molar-refractivity contribution < 1.29 is 14.7 Å². The number of imide groups is 1. The predicted octanol–water partition coefficient (Wildman–Crippen LogP) is 3.30. The Kier molecular flexibility index (Phi) is 3.47. The number of anilines is 1. The first kappa shape index (κ1) is 14.1. The summed E-state index contributed by atoms with van der Waals surface area (Å²) < 4.78 is 0. The molecule has 4 nitrogen and oxygen atoms in total. The standard InChI is InChI=1S/C17H21NO3/c1-12-6-7-13(10-14(12)19)18-15(20)11-17(16(18)21)8-4-2-3-5-9-17/h6-7,10,19H,2-5,8-9,11H2,1H3. The summed E-state index contributed by atoms with van der Waals surface area (Å²) in [5.41, 5.74) is 0.741. The first-order chi connectivity index (χ1) is 10.0. The van der Waals surface area contributed by atoms with Crippen LogP contribution in [0.2, 0.25) is 0 Å². The lowest BCUT2D eigenvalue weighted by Gasteiger charge is -2.25. The Morgan fingerprint density at radius 1 is 1.10 bits per heavy atom. The van der Waals surface area contributed by atoms with Crippen LogP contribution in [0.1, 0.15) is 50.5 Å². The molecule has 1 heterocycles. The van der Waals surface area contributed by atoms with E-state index in [1.807, 2.05) is 0 Å². The van der Waals surface area contributed by atoms with E-state index in [0.717, 1.165) is 44.1 Å². The lowest BCUT2D eigenvalue weighted by atomic mass is 9.79. The van der Waals surface area contributed by atoms with Crippen LogP contribution >= 0.6 is 0 Å². The number of hydrogen-bond donors (Lipinski definition) is 1. The fourth-order valence-electron chi connectivity index (χ4n) is 3.59. The first-order valence-electron chi connectivity index (χ1n) is 7.70. The van der Waals surface area contributed by atoms with E-state index < -0.39 is 5.41 Å². The quantitative estimate of drug-likeness (QED) is 0.806. The van der Waals surface area contributed by atoms with Crippen LogP contribution in [-0.2, 0) is 9.59 Å².